The fourth-order valence-electron chi connectivity index (χ4n) is 1.20. The monoisotopic (exact) mass is 270 g/mol. The van der Waals surface area contributed by atoms with Crippen molar-refractivity contribution in [3.05, 3.63) is 0 Å². The molecule has 5 nitrogen and oxygen atoms in total. The molecule has 0 spiro atoms. The Morgan fingerprint density at radius 2 is 1.78 bits per heavy atom. The van der Waals surface area contributed by atoms with Crippen LogP contribution in [0.15, 0.2) is 0 Å². The molecular weight excluding hydrogens is 253 g/mol. The van der Waals surface area contributed by atoms with Crippen LogP contribution in [0, 0.1) is 5.92 Å². The van der Waals surface area contributed by atoms with Crippen LogP contribution in [-0.2, 0) is 9.59 Å². The average Bonchev–Trinajstić information content (AvgIpc) is 2.13. The third-order valence-corrected chi connectivity index (χ3v) is 2.43. The van der Waals surface area contributed by atoms with Gasteiger partial charge in [-0.05, 0) is 19.3 Å². The summed E-state index contributed by atoms with van der Waals surface area (Å²) in [4.78, 5) is 22.1. The van der Waals surface area contributed by atoms with E-state index >= 15 is 0 Å². The highest BCUT2D eigenvalue weighted by Crippen LogP contribution is 2.30. The first-order chi connectivity index (χ1) is 7.91. The molecule has 0 bridgehead atoms. The Morgan fingerprint density at radius 1 is 1.33 bits per heavy atom. The molecule has 0 aliphatic heterocycles. The summed E-state index contributed by atoms with van der Waals surface area (Å²) in [5.41, 5.74) is 2.06. The lowest BCUT2D eigenvalue weighted by Crippen LogP contribution is -2.64. The van der Waals surface area contributed by atoms with E-state index in [2.05, 4.69) is 0 Å². The summed E-state index contributed by atoms with van der Waals surface area (Å²) < 4.78 is 37.8. The Bertz CT molecular complexity index is 331. The van der Waals surface area contributed by atoms with E-state index < -0.39 is 29.6 Å². The maximum Gasteiger partial charge on any atom is 0.422 e. The average molecular weight is 270 g/mol. The van der Waals surface area contributed by atoms with Gasteiger partial charge in [0.25, 0.3) is 0 Å². The van der Waals surface area contributed by atoms with Crippen molar-refractivity contribution in [2.24, 2.45) is 11.7 Å². The summed E-state index contributed by atoms with van der Waals surface area (Å²) in [6.07, 6.45) is -4.94. The maximum atomic E-state index is 12.6. The molecule has 0 aromatic heterocycles. The van der Waals surface area contributed by atoms with Crippen molar-refractivity contribution in [1.29, 1.82) is 0 Å². The predicted molar refractivity (Wildman–Crippen MR) is 57.7 cm³/mol. The van der Waals surface area contributed by atoms with Crippen LogP contribution in [0.3, 0.4) is 0 Å². The first-order valence-corrected chi connectivity index (χ1v) is 5.29. The van der Waals surface area contributed by atoms with Crippen molar-refractivity contribution < 1.29 is 27.9 Å². The first-order valence-electron chi connectivity index (χ1n) is 5.29. The van der Waals surface area contributed by atoms with Gasteiger partial charge in [-0.1, -0.05) is 13.8 Å². The standard InChI is InChI=1S/C10H17F3N2O3/c1-5(2)4-6(14)7(16)15-9(3,8(17)18)10(11,12)13/h5-6H,4,14H2,1-3H3,(H,15,16)(H,17,18)/t6-,9?/m0/s1. The number of halogens is 3. The van der Waals surface area contributed by atoms with Gasteiger partial charge in [0.15, 0.2) is 0 Å². The minimum atomic E-state index is -5.11. The fraction of sp³-hybridized carbons (Fsp3) is 0.800. The predicted octanol–water partition coefficient (Wildman–Crippen LogP) is 0.882. The molecule has 0 rings (SSSR count). The van der Waals surface area contributed by atoms with Gasteiger partial charge >= 0.3 is 12.1 Å². The van der Waals surface area contributed by atoms with Crippen molar-refractivity contribution in [2.75, 3.05) is 0 Å². The van der Waals surface area contributed by atoms with Gasteiger partial charge in [0, 0.05) is 0 Å². The first kappa shape index (κ1) is 16.7. The van der Waals surface area contributed by atoms with E-state index in [1.807, 2.05) is 0 Å². The number of carboxylic acids is 1. The number of carboxylic acid groups (broad SMARTS) is 1. The van der Waals surface area contributed by atoms with Gasteiger partial charge in [-0.3, -0.25) is 4.79 Å². The molecule has 1 amide bonds. The van der Waals surface area contributed by atoms with Crippen LogP contribution >= 0.6 is 0 Å². The van der Waals surface area contributed by atoms with Gasteiger partial charge < -0.3 is 16.2 Å². The van der Waals surface area contributed by atoms with Crippen LogP contribution in [0.2, 0.25) is 0 Å². The summed E-state index contributed by atoms with van der Waals surface area (Å²) in [5.74, 6) is -3.31. The highest BCUT2D eigenvalue weighted by atomic mass is 19.4. The SMILES string of the molecule is CC(C)C[C@H](N)C(=O)NC(C)(C(=O)O)C(F)(F)F. The number of carbonyl (C=O) groups is 2. The van der Waals surface area contributed by atoms with Crippen molar-refractivity contribution in [1.82, 2.24) is 5.32 Å². The second-order valence-electron chi connectivity index (χ2n) is 4.65. The van der Waals surface area contributed by atoms with Gasteiger partial charge in [-0.2, -0.15) is 13.2 Å². The van der Waals surface area contributed by atoms with E-state index in [9.17, 15) is 22.8 Å². The molecular formula is C10H17F3N2O3. The number of hydrogen-bond donors (Lipinski definition) is 3. The number of hydrogen-bond acceptors (Lipinski definition) is 3. The van der Waals surface area contributed by atoms with E-state index in [1.165, 1.54) is 5.32 Å². The molecule has 8 heteroatoms. The summed E-state index contributed by atoms with van der Waals surface area (Å²) >= 11 is 0. The van der Waals surface area contributed by atoms with Gasteiger partial charge in [-0.15, -0.1) is 0 Å². The third-order valence-electron chi connectivity index (χ3n) is 2.43. The summed E-state index contributed by atoms with van der Waals surface area (Å²) in [6, 6.07) is -1.17. The quantitative estimate of drug-likeness (QED) is 0.691. The zero-order valence-corrected chi connectivity index (χ0v) is 10.3. The number of nitrogens with two attached hydrogens (primary N) is 1. The minimum absolute atomic E-state index is 0.00715. The lowest BCUT2D eigenvalue weighted by atomic mass is 9.99. The highest BCUT2D eigenvalue weighted by molar-refractivity contribution is 5.89. The van der Waals surface area contributed by atoms with E-state index in [-0.39, 0.29) is 12.3 Å². The molecule has 0 aromatic carbocycles. The molecule has 0 heterocycles. The van der Waals surface area contributed by atoms with E-state index in [0.29, 0.717) is 6.92 Å². The third kappa shape index (κ3) is 3.86. The lowest BCUT2D eigenvalue weighted by molar-refractivity contribution is -0.207. The number of rotatable bonds is 5. The van der Waals surface area contributed by atoms with Crippen molar-refractivity contribution in [3.63, 3.8) is 0 Å². The Labute approximate surface area is 103 Å². The van der Waals surface area contributed by atoms with Crippen LogP contribution in [-0.4, -0.2) is 34.7 Å². The maximum absolute atomic E-state index is 12.6. The highest BCUT2D eigenvalue weighted by Gasteiger charge is 2.58. The smallest absolute Gasteiger partial charge is 0.422 e. The molecule has 0 saturated heterocycles. The molecule has 4 N–H and O–H groups in total. The van der Waals surface area contributed by atoms with Crippen LogP contribution in [0.4, 0.5) is 13.2 Å². The number of alkyl halides is 3. The van der Waals surface area contributed by atoms with E-state index in [0.717, 1.165) is 0 Å². The second-order valence-corrected chi connectivity index (χ2v) is 4.65. The Morgan fingerprint density at radius 3 is 2.06 bits per heavy atom. The molecule has 106 valence electrons. The second kappa shape index (κ2) is 5.55. The van der Waals surface area contributed by atoms with Gasteiger partial charge in [-0.25, -0.2) is 4.79 Å². The number of nitrogens with one attached hydrogen (secondary N) is 1. The molecule has 0 radical (unpaired) electrons. The van der Waals surface area contributed by atoms with Crippen LogP contribution in [0.25, 0.3) is 0 Å². The summed E-state index contributed by atoms with van der Waals surface area (Å²) in [6.45, 7) is 3.87. The normalized spacial score (nSPS) is 17.1. The van der Waals surface area contributed by atoms with Crippen LogP contribution in [0.1, 0.15) is 27.2 Å². The fourth-order valence-corrected chi connectivity index (χ4v) is 1.20. The van der Waals surface area contributed by atoms with Crippen LogP contribution in [0.5, 0.6) is 0 Å². The van der Waals surface area contributed by atoms with Crippen molar-refractivity contribution in [2.45, 2.75) is 44.9 Å². The zero-order chi connectivity index (χ0) is 14.7. The number of amides is 1. The Balaban J connectivity index is 4.93. The zero-order valence-electron chi connectivity index (χ0n) is 10.3. The van der Waals surface area contributed by atoms with Crippen molar-refractivity contribution >= 4 is 11.9 Å². The largest absolute Gasteiger partial charge is 0.479 e. The lowest BCUT2D eigenvalue weighted by Gasteiger charge is -2.29. The van der Waals surface area contributed by atoms with Crippen molar-refractivity contribution in [3.8, 4) is 0 Å². The number of aliphatic carboxylic acids is 1. The molecule has 0 aliphatic rings. The van der Waals surface area contributed by atoms with E-state index in [4.69, 9.17) is 10.8 Å². The Kier molecular flexibility index (Phi) is 5.15. The minimum Gasteiger partial charge on any atom is -0.479 e. The Hall–Kier alpha value is -1.31. The molecule has 0 aliphatic carbocycles. The summed E-state index contributed by atoms with van der Waals surface area (Å²) in [5, 5.41) is 10.1. The molecule has 0 aromatic rings. The topological polar surface area (TPSA) is 92.4 Å². The summed E-state index contributed by atoms with van der Waals surface area (Å²) in [7, 11) is 0. The molecule has 1 unspecified atom stereocenters. The molecule has 2 atom stereocenters. The number of carbonyl (C=O) groups excluding carboxylic acids is 1. The van der Waals surface area contributed by atoms with Gasteiger partial charge in [0.2, 0.25) is 11.4 Å². The van der Waals surface area contributed by atoms with Gasteiger partial charge in [0.05, 0.1) is 6.04 Å². The van der Waals surface area contributed by atoms with E-state index in [1.54, 1.807) is 13.8 Å². The molecule has 0 fully saturated rings. The molecule has 18 heavy (non-hydrogen) atoms. The van der Waals surface area contributed by atoms with Gasteiger partial charge in [0.1, 0.15) is 0 Å². The van der Waals surface area contributed by atoms with Crippen LogP contribution < -0.4 is 11.1 Å². The molecule has 0 saturated carbocycles.